The summed E-state index contributed by atoms with van der Waals surface area (Å²) in [6.07, 6.45) is 0. The fraction of sp³-hybridized carbons (Fsp3) is 0.308. The van der Waals surface area contributed by atoms with Gasteiger partial charge in [0.15, 0.2) is 0 Å². The number of aliphatic carboxylic acids is 1. The number of carbonyl (C=O) groups is 2. The van der Waals surface area contributed by atoms with E-state index < -0.39 is 24.0 Å². The molecule has 0 saturated heterocycles. The third kappa shape index (κ3) is 3.41. The Morgan fingerprint density at radius 3 is 2.52 bits per heavy atom. The van der Waals surface area contributed by atoms with Gasteiger partial charge in [-0.15, -0.1) is 10.2 Å². The summed E-state index contributed by atoms with van der Waals surface area (Å²) in [5, 5.41) is 23.0. The molecule has 0 saturated carbocycles. The first-order chi connectivity index (χ1) is 9.99. The van der Waals surface area contributed by atoms with E-state index in [4.69, 9.17) is 5.11 Å². The molecule has 1 aromatic heterocycles. The molecular formula is C13H15N5O3. The number of benzene rings is 1. The first-order valence-electron chi connectivity index (χ1n) is 6.37. The Balaban J connectivity index is 2.10. The first-order valence-corrected chi connectivity index (χ1v) is 6.37. The Bertz CT molecular complexity index is 640. The highest BCUT2D eigenvalue weighted by Gasteiger charge is 2.22. The zero-order valence-electron chi connectivity index (χ0n) is 11.6. The Kier molecular flexibility index (Phi) is 4.27. The maximum Gasteiger partial charge on any atom is 0.325 e. The molecule has 0 fully saturated rings. The fourth-order valence-corrected chi connectivity index (χ4v) is 1.59. The summed E-state index contributed by atoms with van der Waals surface area (Å²) in [7, 11) is 0. The number of carboxylic acid groups (broad SMARTS) is 1. The topological polar surface area (TPSA) is 110 Å². The normalized spacial score (nSPS) is 13.4. The number of rotatable bonds is 5. The first kappa shape index (κ1) is 14.6. The Labute approximate surface area is 120 Å². The number of amides is 1. The standard InChI is InChI=1S/C13H15N5O3/c1-8(13(20)21)14-12(19)9(2)18-16-11(15-17-18)10-6-4-3-5-7-10/h3-9H,1-2H3,(H,14,19)(H,20,21)/t8-,9?/m0/s1. The van der Waals surface area contributed by atoms with Gasteiger partial charge in [0.2, 0.25) is 11.7 Å². The van der Waals surface area contributed by atoms with Gasteiger partial charge in [0, 0.05) is 5.56 Å². The van der Waals surface area contributed by atoms with E-state index in [1.807, 2.05) is 30.3 Å². The summed E-state index contributed by atoms with van der Waals surface area (Å²) in [5.41, 5.74) is 0.787. The summed E-state index contributed by atoms with van der Waals surface area (Å²) in [4.78, 5) is 23.8. The molecule has 1 unspecified atom stereocenters. The number of hydrogen-bond acceptors (Lipinski definition) is 5. The number of carboxylic acids is 1. The van der Waals surface area contributed by atoms with E-state index in [1.54, 1.807) is 6.92 Å². The molecule has 0 radical (unpaired) electrons. The molecule has 0 aliphatic rings. The Morgan fingerprint density at radius 1 is 1.24 bits per heavy atom. The lowest BCUT2D eigenvalue weighted by Gasteiger charge is -2.13. The predicted octanol–water partition coefficient (Wildman–Crippen LogP) is 0.490. The molecule has 1 aromatic carbocycles. The second-order valence-electron chi connectivity index (χ2n) is 4.54. The third-order valence-electron chi connectivity index (χ3n) is 2.92. The van der Waals surface area contributed by atoms with Gasteiger partial charge in [-0.3, -0.25) is 9.59 Å². The molecular weight excluding hydrogens is 274 g/mol. The van der Waals surface area contributed by atoms with E-state index in [9.17, 15) is 9.59 Å². The van der Waals surface area contributed by atoms with Crippen molar-refractivity contribution in [2.75, 3.05) is 0 Å². The summed E-state index contributed by atoms with van der Waals surface area (Å²) < 4.78 is 0. The van der Waals surface area contributed by atoms with Gasteiger partial charge in [-0.2, -0.15) is 4.80 Å². The SMILES string of the molecule is CC(C(=O)N[C@@H](C)C(=O)O)n1nnc(-c2ccccc2)n1. The smallest absolute Gasteiger partial charge is 0.325 e. The molecule has 0 bridgehead atoms. The summed E-state index contributed by atoms with van der Waals surface area (Å²) in [6.45, 7) is 2.96. The molecule has 1 amide bonds. The highest BCUT2D eigenvalue weighted by Crippen LogP contribution is 2.13. The third-order valence-corrected chi connectivity index (χ3v) is 2.92. The molecule has 110 valence electrons. The van der Waals surface area contributed by atoms with Crippen molar-refractivity contribution in [2.24, 2.45) is 0 Å². The van der Waals surface area contributed by atoms with Crippen LogP contribution in [0.1, 0.15) is 19.9 Å². The van der Waals surface area contributed by atoms with Gasteiger partial charge in [0.1, 0.15) is 12.1 Å². The van der Waals surface area contributed by atoms with Gasteiger partial charge in [-0.25, -0.2) is 0 Å². The monoisotopic (exact) mass is 289 g/mol. The van der Waals surface area contributed by atoms with Crippen LogP contribution in [-0.2, 0) is 9.59 Å². The van der Waals surface area contributed by atoms with E-state index in [1.165, 1.54) is 6.92 Å². The van der Waals surface area contributed by atoms with Crippen molar-refractivity contribution in [2.45, 2.75) is 25.9 Å². The predicted molar refractivity (Wildman–Crippen MR) is 73.2 cm³/mol. The van der Waals surface area contributed by atoms with Gasteiger partial charge in [0.05, 0.1) is 0 Å². The van der Waals surface area contributed by atoms with Crippen molar-refractivity contribution in [3.63, 3.8) is 0 Å². The number of tetrazole rings is 1. The molecule has 2 atom stereocenters. The van der Waals surface area contributed by atoms with Crippen molar-refractivity contribution in [3.05, 3.63) is 30.3 Å². The van der Waals surface area contributed by atoms with Crippen molar-refractivity contribution in [3.8, 4) is 11.4 Å². The summed E-state index contributed by atoms with van der Waals surface area (Å²) in [6, 6.07) is 7.50. The van der Waals surface area contributed by atoms with Crippen molar-refractivity contribution >= 4 is 11.9 Å². The van der Waals surface area contributed by atoms with Gasteiger partial charge in [-0.05, 0) is 19.1 Å². The lowest BCUT2D eigenvalue weighted by Crippen LogP contribution is -2.42. The molecule has 2 N–H and O–H groups in total. The molecule has 8 heteroatoms. The lowest BCUT2D eigenvalue weighted by molar-refractivity contribution is -0.141. The van der Waals surface area contributed by atoms with Crippen LogP contribution in [0.2, 0.25) is 0 Å². The minimum atomic E-state index is -1.10. The number of nitrogens with one attached hydrogen (secondary N) is 1. The molecule has 2 rings (SSSR count). The number of nitrogens with zero attached hydrogens (tertiary/aromatic N) is 4. The summed E-state index contributed by atoms with van der Waals surface area (Å²) >= 11 is 0. The van der Waals surface area contributed by atoms with E-state index in [0.29, 0.717) is 5.82 Å². The second kappa shape index (κ2) is 6.12. The second-order valence-corrected chi connectivity index (χ2v) is 4.54. The quantitative estimate of drug-likeness (QED) is 0.829. The van der Waals surface area contributed by atoms with Crippen LogP contribution in [-0.4, -0.2) is 43.2 Å². The molecule has 21 heavy (non-hydrogen) atoms. The maximum atomic E-state index is 11.9. The van der Waals surface area contributed by atoms with Crippen LogP contribution in [0.5, 0.6) is 0 Å². The minimum absolute atomic E-state index is 0.404. The number of hydrogen-bond donors (Lipinski definition) is 2. The minimum Gasteiger partial charge on any atom is -0.480 e. The van der Waals surface area contributed by atoms with E-state index in [2.05, 4.69) is 20.7 Å². The zero-order valence-corrected chi connectivity index (χ0v) is 11.6. The highest BCUT2D eigenvalue weighted by atomic mass is 16.4. The Morgan fingerprint density at radius 2 is 1.90 bits per heavy atom. The summed E-state index contributed by atoms with van der Waals surface area (Å²) in [5.74, 6) is -1.18. The molecule has 0 aliphatic heterocycles. The Hall–Kier alpha value is -2.77. The highest BCUT2D eigenvalue weighted by molar-refractivity contribution is 5.85. The molecule has 8 nitrogen and oxygen atoms in total. The van der Waals surface area contributed by atoms with Crippen LogP contribution >= 0.6 is 0 Å². The van der Waals surface area contributed by atoms with Gasteiger partial charge < -0.3 is 10.4 Å². The lowest BCUT2D eigenvalue weighted by atomic mass is 10.2. The fourth-order valence-electron chi connectivity index (χ4n) is 1.59. The van der Waals surface area contributed by atoms with Crippen LogP contribution in [0.25, 0.3) is 11.4 Å². The average Bonchev–Trinajstić information content (AvgIpc) is 2.96. The van der Waals surface area contributed by atoms with Crippen molar-refractivity contribution < 1.29 is 14.7 Å². The van der Waals surface area contributed by atoms with Crippen LogP contribution in [0.15, 0.2) is 30.3 Å². The van der Waals surface area contributed by atoms with Gasteiger partial charge >= 0.3 is 5.97 Å². The van der Waals surface area contributed by atoms with Crippen molar-refractivity contribution in [1.29, 1.82) is 0 Å². The van der Waals surface area contributed by atoms with E-state index >= 15 is 0 Å². The molecule has 1 heterocycles. The average molecular weight is 289 g/mol. The van der Waals surface area contributed by atoms with E-state index in [-0.39, 0.29) is 0 Å². The zero-order chi connectivity index (χ0) is 15.4. The van der Waals surface area contributed by atoms with Gasteiger partial charge in [0.25, 0.3) is 0 Å². The van der Waals surface area contributed by atoms with Gasteiger partial charge in [-0.1, -0.05) is 30.3 Å². The molecule has 2 aromatic rings. The largest absolute Gasteiger partial charge is 0.480 e. The van der Waals surface area contributed by atoms with Crippen molar-refractivity contribution in [1.82, 2.24) is 25.5 Å². The number of aromatic nitrogens is 4. The van der Waals surface area contributed by atoms with Crippen LogP contribution in [0.4, 0.5) is 0 Å². The van der Waals surface area contributed by atoms with Crippen LogP contribution in [0.3, 0.4) is 0 Å². The van der Waals surface area contributed by atoms with E-state index in [0.717, 1.165) is 10.4 Å². The van der Waals surface area contributed by atoms with Crippen LogP contribution < -0.4 is 5.32 Å². The molecule has 0 aliphatic carbocycles. The maximum absolute atomic E-state index is 11.9. The number of carbonyl (C=O) groups excluding carboxylic acids is 1. The van der Waals surface area contributed by atoms with Crippen LogP contribution in [0, 0.1) is 0 Å². The molecule has 0 spiro atoms.